The molecule has 0 bridgehead atoms. The van der Waals surface area contributed by atoms with Gasteiger partial charge in [-0.2, -0.15) is 0 Å². The zero-order valence-electron chi connectivity index (χ0n) is 47.2. The summed E-state index contributed by atoms with van der Waals surface area (Å²) in [6, 6.07) is 97.2. The van der Waals surface area contributed by atoms with Crippen LogP contribution in [-0.4, -0.2) is 27.1 Å². The maximum Gasteiger partial charge on any atom is 0.256 e. The molecule has 0 saturated heterocycles. The molecule has 7 heterocycles. The van der Waals surface area contributed by atoms with Gasteiger partial charge in [0.05, 0.1) is 27.6 Å². The van der Waals surface area contributed by atoms with Crippen molar-refractivity contribution in [2.75, 3.05) is 0 Å². The van der Waals surface area contributed by atoms with Crippen LogP contribution < -0.4 is 42.3 Å². The molecule has 0 radical (unpaired) electrons. The van der Waals surface area contributed by atoms with Crippen molar-refractivity contribution in [3.05, 3.63) is 283 Å². The van der Waals surface area contributed by atoms with Crippen LogP contribution in [0.3, 0.4) is 0 Å². The Kier molecular flexibility index (Phi) is 8.88. The maximum atomic E-state index is 7.68. The number of aromatic nitrogens is 3. The number of ether oxygens (including phenoxy) is 2. The summed E-state index contributed by atoms with van der Waals surface area (Å²) >= 11 is 0. The first-order valence-corrected chi connectivity index (χ1v) is 30.4. The predicted octanol–water partition coefficient (Wildman–Crippen LogP) is 15.7. The first-order valence-electron chi connectivity index (χ1n) is 30.4. The molecule has 13 aromatic carbocycles. The molecule has 7 heteroatoms. The van der Waals surface area contributed by atoms with Gasteiger partial charge < -0.3 is 23.2 Å². The average Bonchev–Trinajstić information content (AvgIpc) is 1.75. The van der Waals surface area contributed by atoms with E-state index in [1.165, 1.54) is 126 Å². The number of nitrogens with zero attached hydrogens (tertiary/aromatic N) is 3. The van der Waals surface area contributed by atoms with E-state index in [1.807, 2.05) is 0 Å². The van der Waals surface area contributed by atoms with Crippen LogP contribution in [0.5, 0.6) is 23.0 Å². The van der Waals surface area contributed by atoms with Crippen LogP contribution in [0.25, 0.3) is 116 Å². The van der Waals surface area contributed by atoms with Crippen molar-refractivity contribution in [1.29, 1.82) is 0 Å². The standard InChI is InChI=1S/C80H47B2N3O2/c1-45-79-64(81-62-29-16-27-57-52-22-8-9-26-56(52)74(75(57)62)61-40-48(42-72(86-79)76(61)81)46-34-36-69-59(38-46)54-24-11-13-31-66(54)83(69)50-18-4-2-5-19-50)44-65-80(45)87-73-43-49(41-71-77(73)82(65)63-30-17-28-58-53-23-10-15-33-68(53)85(71)78(58)63)47-35-37-70-60(39-47)55-25-12-14-32-67(55)84(70)51-20-6-3-7-21-51/h2-44,74H,1H3. The Balaban J connectivity index is 0.791. The predicted molar refractivity (Wildman–Crippen MR) is 360 cm³/mol. The molecule has 0 fully saturated rings. The molecule has 5 nitrogen and oxygen atoms in total. The highest BCUT2D eigenvalue weighted by Crippen LogP contribution is 2.52. The van der Waals surface area contributed by atoms with Crippen molar-refractivity contribution >= 4 is 112 Å². The molecule has 1 atom stereocenters. The van der Waals surface area contributed by atoms with Crippen LogP contribution in [0.4, 0.5) is 0 Å². The summed E-state index contributed by atoms with van der Waals surface area (Å²) in [5, 5.41) is 7.40. The van der Waals surface area contributed by atoms with Gasteiger partial charge in [-0.3, -0.25) is 0 Å². The summed E-state index contributed by atoms with van der Waals surface area (Å²) in [6.07, 6.45) is 0. The third kappa shape index (κ3) is 5.96. The third-order valence-corrected chi connectivity index (χ3v) is 20.4. The molecular weight excluding hydrogens is 1060 g/mol. The molecular formula is C80H47B2N3O2. The van der Waals surface area contributed by atoms with Crippen molar-refractivity contribution < 1.29 is 9.47 Å². The number of hydrogen-bond acceptors (Lipinski definition) is 2. The summed E-state index contributed by atoms with van der Waals surface area (Å²) in [4.78, 5) is 0. The van der Waals surface area contributed by atoms with Gasteiger partial charge in [-0.05, 0) is 169 Å². The van der Waals surface area contributed by atoms with E-state index in [0.29, 0.717) is 0 Å². The van der Waals surface area contributed by atoms with Crippen LogP contribution in [0.2, 0.25) is 0 Å². The summed E-state index contributed by atoms with van der Waals surface area (Å²) in [5.74, 6) is 3.59. The second-order valence-electron chi connectivity index (χ2n) is 24.6. The molecule has 5 aliphatic rings. The Bertz CT molecular complexity index is 5810. The van der Waals surface area contributed by atoms with Gasteiger partial charge in [0.1, 0.15) is 23.0 Å². The van der Waals surface area contributed by atoms with Crippen molar-refractivity contribution in [3.8, 4) is 73.4 Å². The lowest BCUT2D eigenvalue weighted by Crippen LogP contribution is -2.63. The van der Waals surface area contributed by atoms with E-state index in [-0.39, 0.29) is 19.3 Å². The SMILES string of the molecule is Cc1c2c(cc3c1Oc1cc(-c4ccc5c(c4)c4ccccc4n5-c4ccccc4)cc4c1B3c1cccc3c5ccccc5n-4c13)B1c3cccc4c3C(c3ccccc3-4)c3cc(-c4ccc5c(c4)c4ccccc4n5-c4ccccc4)cc(c31)O2. The van der Waals surface area contributed by atoms with E-state index in [1.54, 1.807) is 0 Å². The Morgan fingerprint density at radius 3 is 1.48 bits per heavy atom. The van der Waals surface area contributed by atoms with Crippen molar-refractivity contribution in [1.82, 2.24) is 13.7 Å². The zero-order chi connectivity index (χ0) is 56.5. The maximum absolute atomic E-state index is 7.68. The molecule has 0 spiro atoms. The molecule has 21 rings (SSSR count). The van der Waals surface area contributed by atoms with E-state index in [0.717, 1.165) is 67.9 Å². The van der Waals surface area contributed by atoms with Gasteiger partial charge in [0, 0.05) is 66.4 Å². The van der Waals surface area contributed by atoms with Crippen LogP contribution in [0.1, 0.15) is 28.2 Å². The van der Waals surface area contributed by atoms with Crippen molar-refractivity contribution in [2.45, 2.75) is 12.8 Å². The van der Waals surface area contributed by atoms with Gasteiger partial charge in [-0.25, -0.2) is 0 Å². The number of benzene rings is 13. The fourth-order valence-electron chi connectivity index (χ4n) is 16.9. The summed E-state index contributed by atoms with van der Waals surface area (Å²) < 4.78 is 22.7. The lowest BCUT2D eigenvalue weighted by Gasteiger charge is -2.39. The van der Waals surface area contributed by atoms with Gasteiger partial charge in [0.25, 0.3) is 13.4 Å². The molecule has 0 saturated carbocycles. The number of rotatable bonds is 4. The monoisotopic (exact) mass is 1100 g/mol. The highest BCUT2D eigenvalue weighted by atomic mass is 16.5. The minimum absolute atomic E-state index is 0.0537. The summed E-state index contributed by atoms with van der Waals surface area (Å²) in [5.41, 5.74) is 30.4. The number of fused-ring (bicyclic) bond motifs is 20. The minimum atomic E-state index is -0.114. The topological polar surface area (TPSA) is 33.2 Å². The number of para-hydroxylation sites is 6. The molecule has 1 aliphatic carbocycles. The quantitative estimate of drug-likeness (QED) is 0.165. The van der Waals surface area contributed by atoms with Crippen molar-refractivity contribution in [3.63, 3.8) is 0 Å². The third-order valence-electron chi connectivity index (χ3n) is 20.4. The van der Waals surface area contributed by atoms with Crippen LogP contribution in [0.15, 0.2) is 261 Å². The molecule has 16 aromatic rings. The second kappa shape index (κ2) is 16.7. The molecule has 400 valence electrons. The van der Waals surface area contributed by atoms with Gasteiger partial charge in [-0.1, -0.05) is 181 Å². The van der Waals surface area contributed by atoms with Gasteiger partial charge in [0.2, 0.25) is 0 Å². The van der Waals surface area contributed by atoms with E-state index in [4.69, 9.17) is 9.47 Å². The zero-order valence-corrected chi connectivity index (χ0v) is 47.2. The number of hydrogen-bond donors (Lipinski definition) is 0. The largest absolute Gasteiger partial charge is 0.458 e. The lowest BCUT2D eigenvalue weighted by molar-refractivity contribution is 0.459. The van der Waals surface area contributed by atoms with Crippen LogP contribution >= 0.6 is 0 Å². The molecule has 0 amide bonds. The van der Waals surface area contributed by atoms with E-state index in [2.05, 4.69) is 281 Å². The fourth-order valence-corrected chi connectivity index (χ4v) is 16.9. The first-order chi connectivity index (χ1) is 43.1. The molecule has 4 aliphatic heterocycles. The van der Waals surface area contributed by atoms with Gasteiger partial charge >= 0.3 is 0 Å². The van der Waals surface area contributed by atoms with E-state index < -0.39 is 0 Å². The fraction of sp³-hybridized carbons (Fsp3) is 0.0250. The summed E-state index contributed by atoms with van der Waals surface area (Å²) in [7, 11) is 0. The van der Waals surface area contributed by atoms with Crippen LogP contribution in [-0.2, 0) is 0 Å². The van der Waals surface area contributed by atoms with E-state index >= 15 is 0 Å². The summed E-state index contributed by atoms with van der Waals surface area (Å²) in [6.45, 7) is 2.05. The molecule has 3 aromatic heterocycles. The Labute approximate surface area is 501 Å². The second-order valence-corrected chi connectivity index (χ2v) is 24.6. The first kappa shape index (κ1) is 46.4. The Hall–Kier alpha value is -11.0. The molecule has 87 heavy (non-hydrogen) atoms. The Morgan fingerprint density at radius 2 is 0.828 bits per heavy atom. The van der Waals surface area contributed by atoms with E-state index in [9.17, 15) is 0 Å². The highest BCUT2D eigenvalue weighted by Gasteiger charge is 2.49. The lowest BCUT2D eigenvalue weighted by atomic mass is 9.29. The highest BCUT2D eigenvalue weighted by molar-refractivity contribution is 7.01. The normalized spacial score (nSPS) is 14.3. The molecule has 0 N–H and O–H groups in total. The van der Waals surface area contributed by atoms with Gasteiger partial charge in [-0.15, -0.1) is 0 Å². The van der Waals surface area contributed by atoms with Crippen LogP contribution in [0, 0.1) is 6.92 Å². The Morgan fingerprint density at radius 1 is 0.333 bits per heavy atom. The van der Waals surface area contributed by atoms with Crippen molar-refractivity contribution in [2.24, 2.45) is 0 Å². The molecule has 1 unspecified atom stereocenters. The minimum Gasteiger partial charge on any atom is -0.458 e. The van der Waals surface area contributed by atoms with Gasteiger partial charge in [0.15, 0.2) is 0 Å². The smallest absolute Gasteiger partial charge is 0.256 e. The average molecular weight is 1100 g/mol.